The van der Waals surface area contributed by atoms with Crippen LogP contribution in [-0.2, 0) is 19.2 Å². The summed E-state index contributed by atoms with van der Waals surface area (Å²) in [7, 11) is 0. The van der Waals surface area contributed by atoms with Gasteiger partial charge in [0.05, 0.1) is 6.04 Å². The lowest BCUT2D eigenvalue weighted by molar-refractivity contribution is -0.132. The first-order valence-corrected chi connectivity index (χ1v) is 10.3. The second kappa shape index (κ2) is 14.4. The molecule has 0 aromatic rings. The molecule has 0 aromatic carbocycles. The zero-order chi connectivity index (χ0) is 23.3. The molecule has 3 atom stereocenters. The van der Waals surface area contributed by atoms with Gasteiger partial charge in [-0.1, -0.05) is 27.7 Å². The number of amides is 3. The van der Waals surface area contributed by atoms with Gasteiger partial charge >= 0.3 is 0 Å². The highest BCUT2D eigenvalue weighted by Crippen LogP contribution is 2.09. The number of hydrogen-bond acceptors (Lipinski definition) is 5. The van der Waals surface area contributed by atoms with Crippen LogP contribution in [-0.4, -0.2) is 54.6 Å². The van der Waals surface area contributed by atoms with Gasteiger partial charge in [0.1, 0.15) is 12.1 Å². The number of carbonyl (C=O) groups is 3. The Morgan fingerprint density at radius 3 is 1.87 bits per heavy atom. The SMILES string of the molecule is CC(=O)N[C@@H](CC(C)C)C(=O)NC(CC(C)C)C(=O)N[C@H]([C]=O)CCCNC(=N)N. The van der Waals surface area contributed by atoms with E-state index >= 15 is 0 Å². The number of nitrogens with one attached hydrogen (secondary N) is 5. The van der Waals surface area contributed by atoms with Gasteiger partial charge in [0.25, 0.3) is 0 Å². The molecule has 0 spiro atoms. The Labute approximate surface area is 179 Å². The molecular weight excluding hydrogens is 388 g/mol. The Balaban J connectivity index is 5.06. The van der Waals surface area contributed by atoms with E-state index in [0.29, 0.717) is 32.2 Å². The summed E-state index contributed by atoms with van der Waals surface area (Å²) in [6.07, 6.45) is 3.43. The van der Waals surface area contributed by atoms with E-state index in [1.807, 2.05) is 27.7 Å². The second-order valence-electron chi connectivity index (χ2n) is 8.24. The van der Waals surface area contributed by atoms with E-state index in [2.05, 4.69) is 21.3 Å². The molecule has 1 radical (unpaired) electrons. The van der Waals surface area contributed by atoms with Crippen LogP contribution in [0, 0.1) is 17.2 Å². The summed E-state index contributed by atoms with van der Waals surface area (Å²) >= 11 is 0. The monoisotopic (exact) mass is 425 g/mol. The van der Waals surface area contributed by atoms with Crippen LogP contribution in [0.3, 0.4) is 0 Å². The molecule has 0 saturated heterocycles. The van der Waals surface area contributed by atoms with Gasteiger partial charge in [-0.3, -0.25) is 24.6 Å². The van der Waals surface area contributed by atoms with E-state index in [-0.39, 0.29) is 23.7 Å². The molecule has 0 aromatic heterocycles. The lowest BCUT2D eigenvalue weighted by atomic mass is 9.99. The maximum absolute atomic E-state index is 12.7. The fourth-order valence-electron chi connectivity index (χ4n) is 2.89. The highest BCUT2D eigenvalue weighted by molar-refractivity contribution is 5.92. The smallest absolute Gasteiger partial charge is 0.243 e. The molecule has 0 saturated carbocycles. The van der Waals surface area contributed by atoms with Gasteiger partial charge in [0, 0.05) is 13.5 Å². The highest BCUT2D eigenvalue weighted by Gasteiger charge is 2.28. The molecule has 0 heterocycles. The average molecular weight is 426 g/mol. The summed E-state index contributed by atoms with van der Waals surface area (Å²) in [4.78, 5) is 48.1. The van der Waals surface area contributed by atoms with Gasteiger partial charge in [-0.05, 0) is 37.5 Å². The topological polar surface area (TPSA) is 166 Å². The predicted molar refractivity (Wildman–Crippen MR) is 115 cm³/mol. The van der Waals surface area contributed by atoms with E-state index in [0.717, 1.165) is 0 Å². The molecule has 0 aliphatic carbocycles. The summed E-state index contributed by atoms with van der Waals surface area (Å²) in [5.74, 6) is -1.12. The van der Waals surface area contributed by atoms with Crippen molar-refractivity contribution in [2.45, 2.75) is 78.4 Å². The van der Waals surface area contributed by atoms with E-state index < -0.39 is 29.9 Å². The standard InChI is InChI=1S/C20H37N6O4/c1-12(2)9-16(24-14(5)28)19(30)26-17(10-13(3)4)18(29)25-15(11-27)7-6-8-23-20(21)22/h12-13,15-17H,6-10H2,1-5H3,(H,24,28)(H,25,29)(H,26,30)(H4,21,22,23)/t15-,16-,17?/m0/s1. The number of carbonyl (C=O) groups excluding carboxylic acids is 4. The van der Waals surface area contributed by atoms with Gasteiger partial charge in [-0.2, -0.15) is 0 Å². The van der Waals surface area contributed by atoms with Crippen LogP contribution in [0.15, 0.2) is 0 Å². The molecule has 10 heteroatoms. The van der Waals surface area contributed by atoms with Crippen LogP contribution >= 0.6 is 0 Å². The van der Waals surface area contributed by atoms with Gasteiger partial charge in [-0.15, -0.1) is 0 Å². The molecule has 0 rings (SSSR count). The minimum Gasteiger partial charge on any atom is -0.370 e. The van der Waals surface area contributed by atoms with Crippen molar-refractivity contribution in [2.24, 2.45) is 17.6 Å². The molecule has 10 nitrogen and oxygen atoms in total. The van der Waals surface area contributed by atoms with Crippen molar-refractivity contribution >= 4 is 30.0 Å². The van der Waals surface area contributed by atoms with Crippen molar-refractivity contribution in [1.29, 1.82) is 5.41 Å². The third-order valence-corrected chi connectivity index (χ3v) is 4.18. The first-order chi connectivity index (χ1) is 14.0. The number of guanidine groups is 1. The maximum Gasteiger partial charge on any atom is 0.243 e. The van der Waals surface area contributed by atoms with Gasteiger partial charge in [-0.25, -0.2) is 0 Å². The normalized spacial score (nSPS) is 13.8. The zero-order valence-corrected chi connectivity index (χ0v) is 18.6. The first-order valence-electron chi connectivity index (χ1n) is 10.3. The van der Waals surface area contributed by atoms with Crippen molar-refractivity contribution < 1.29 is 19.2 Å². The fourth-order valence-corrected chi connectivity index (χ4v) is 2.89. The van der Waals surface area contributed by atoms with Crippen molar-refractivity contribution in [3.63, 3.8) is 0 Å². The fraction of sp³-hybridized carbons (Fsp3) is 0.750. The van der Waals surface area contributed by atoms with Crippen LogP contribution < -0.4 is 27.0 Å². The lowest BCUT2D eigenvalue weighted by Gasteiger charge is -2.25. The third-order valence-electron chi connectivity index (χ3n) is 4.18. The Morgan fingerprint density at radius 1 is 0.933 bits per heavy atom. The van der Waals surface area contributed by atoms with Crippen LogP contribution in [0.5, 0.6) is 0 Å². The van der Waals surface area contributed by atoms with Crippen molar-refractivity contribution in [2.75, 3.05) is 6.54 Å². The van der Waals surface area contributed by atoms with Gasteiger partial charge in [0.15, 0.2) is 5.96 Å². The van der Waals surface area contributed by atoms with Gasteiger partial charge < -0.3 is 27.0 Å². The first kappa shape index (κ1) is 27.4. The lowest BCUT2D eigenvalue weighted by Crippen LogP contribution is -2.55. The van der Waals surface area contributed by atoms with Crippen molar-refractivity contribution in [3.05, 3.63) is 0 Å². The van der Waals surface area contributed by atoms with E-state index in [1.165, 1.54) is 6.92 Å². The molecule has 0 fully saturated rings. The van der Waals surface area contributed by atoms with Crippen LogP contribution in [0.2, 0.25) is 0 Å². The molecule has 0 aliphatic heterocycles. The molecule has 3 amide bonds. The molecule has 0 bridgehead atoms. The predicted octanol–water partition coefficient (Wildman–Crippen LogP) is -0.0741. The molecule has 30 heavy (non-hydrogen) atoms. The summed E-state index contributed by atoms with van der Waals surface area (Å²) in [6, 6.07) is -2.41. The summed E-state index contributed by atoms with van der Waals surface area (Å²) in [5, 5.41) is 17.7. The van der Waals surface area contributed by atoms with E-state index in [4.69, 9.17) is 11.1 Å². The summed E-state index contributed by atoms with van der Waals surface area (Å²) in [5.41, 5.74) is 5.20. The Hall–Kier alpha value is -2.65. The number of rotatable bonds is 14. The maximum atomic E-state index is 12.7. The molecule has 0 aliphatic rings. The average Bonchev–Trinajstić information content (AvgIpc) is 2.61. The van der Waals surface area contributed by atoms with Crippen molar-refractivity contribution in [1.82, 2.24) is 21.3 Å². The van der Waals surface area contributed by atoms with Crippen LogP contribution in [0.4, 0.5) is 0 Å². The minimum absolute atomic E-state index is 0.115. The summed E-state index contributed by atoms with van der Waals surface area (Å²) in [6.45, 7) is 9.44. The Bertz CT molecular complexity index is 594. The van der Waals surface area contributed by atoms with E-state index in [9.17, 15) is 19.2 Å². The molecule has 7 N–H and O–H groups in total. The zero-order valence-electron chi connectivity index (χ0n) is 18.6. The molecule has 1 unspecified atom stereocenters. The highest BCUT2D eigenvalue weighted by atomic mass is 16.2. The van der Waals surface area contributed by atoms with Gasteiger partial charge in [0.2, 0.25) is 24.0 Å². The Kier molecular flexibility index (Phi) is 13.1. The minimum atomic E-state index is -0.841. The van der Waals surface area contributed by atoms with Crippen LogP contribution in [0.25, 0.3) is 0 Å². The van der Waals surface area contributed by atoms with Crippen LogP contribution in [0.1, 0.15) is 60.3 Å². The second-order valence-corrected chi connectivity index (χ2v) is 8.24. The number of hydrogen-bond donors (Lipinski definition) is 6. The Morgan fingerprint density at radius 2 is 1.43 bits per heavy atom. The van der Waals surface area contributed by atoms with Crippen molar-refractivity contribution in [3.8, 4) is 0 Å². The quantitative estimate of drug-likeness (QED) is 0.129. The van der Waals surface area contributed by atoms with E-state index in [1.54, 1.807) is 6.29 Å². The number of nitrogens with two attached hydrogens (primary N) is 1. The largest absolute Gasteiger partial charge is 0.370 e. The summed E-state index contributed by atoms with van der Waals surface area (Å²) < 4.78 is 0. The third kappa shape index (κ3) is 12.7. The molecular formula is C20H37N6O4. The molecule has 171 valence electrons.